The molecule has 1 unspecified atom stereocenters. The van der Waals surface area contributed by atoms with Crippen LogP contribution in [0.3, 0.4) is 0 Å². The van der Waals surface area contributed by atoms with E-state index in [2.05, 4.69) is 16.8 Å². The van der Waals surface area contributed by atoms with Gasteiger partial charge in [-0.15, -0.1) is 0 Å². The summed E-state index contributed by atoms with van der Waals surface area (Å²) in [7, 11) is 0. The largest absolute Gasteiger partial charge is 0.395 e. The average molecular weight is 294 g/mol. The van der Waals surface area contributed by atoms with Gasteiger partial charge in [-0.2, -0.15) is 0 Å². The number of hydrogen-bond donors (Lipinski definition) is 1. The molecule has 2 heterocycles. The summed E-state index contributed by atoms with van der Waals surface area (Å²) in [6.45, 7) is 6.43. The van der Waals surface area contributed by atoms with Crippen molar-refractivity contribution in [1.29, 1.82) is 0 Å². The first-order valence-corrected chi connectivity index (χ1v) is 7.83. The Labute approximate surface area is 126 Å². The van der Waals surface area contributed by atoms with Crippen molar-refractivity contribution in [3.05, 3.63) is 18.7 Å². The molecule has 1 aromatic heterocycles. The van der Waals surface area contributed by atoms with Gasteiger partial charge < -0.3 is 14.6 Å². The minimum atomic E-state index is 0.204. The number of aromatic nitrogens is 2. The number of piperazine rings is 1. The predicted octanol–water partition coefficient (Wildman–Crippen LogP) is 0.578. The number of hydrogen-bond acceptors (Lipinski definition) is 4. The molecule has 1 aliphatic rings. The first-order chi connectivity index (χ1) is 10.2. The van der Waals surface area contributed by atoms with E-state index in [9.17, 15) is 9.90 Å². The Balaban J connectivity index is 1.68. The first-order valence-electron chi connectivity index (χ1n) is 7.83. The molecule has 1 amide bonds. The van der Waals surface area contributed by atoms with Crippen LogP contribution < -0.4 is 0 Å². The van der Waals surface area contributed by atoms with Crippen LogP contribution in [0.2, 0.25) is 0 Å². The second kappa shape index (κ2) is 8.14. The van der Waals surface area contributed by atoms with Crippen molar-refractivity contribution < 1.29 is 9.90 Å². The molecule has 0 radical (unpaired) electrons. The van der Waals surface area contributed by atoms with Gasteiger partial charge in [0.15, 0.2) is 0 Å². The third-order valence-corrected chi connectivity index (χ3v) is 4.23. The number of imidazole rings is 1. The summed E-state index contributed by atoms with van der Waals surface area (Å²) in [5, 5.41) is 9.33. The highest BCUT2D eigenvalue weighted by Gasteiger charge is 2.24. The van der Waals surface area contributed by atoms with Crippen LogP contribution in [0.15, 0.2) is 18.7 Å². The number of aliphatic hydroxyl groups is 1. The Morgan fingerprint density at radius 1 is 1.33 bits per heavy atom. The zero-order valence-corrected chi connectivity index (χ0v) is 12.8. The maximum absolute atomic E-state index is 12.2. The summed E-state index contributed by atoms with van der Waals surface area (Å²) in [6, 6.07) is 0.239. The van der Waals surface area contributed by atoms with Crippen molar-refractivity contribution in [2.24, 2.45) is 0 Å². The summed E-state index contributed by atoms with van der Waals surface area (Å²) in [5.74, 6) is 0.242. The lowest BCUT2D eigenvalue weighted by Gasteiger charge is -2.38. The third-order valence-electron chi connectivity index (χ3n) is 4.23. The van der Waals surface area contributed by atoms with Crippen LogP contribution in [0.4, 0.5) is 0 Å². The number of rotatable bonds is 7. The second-order valence-corrected chi connectivity index (χ2v) is 5.57. The lowest BCUT2D eigenvalue weighted by molar-refractivity contribution is -0.133. The monoisotopic (exact) mass is 294 g/mol. The second-order valence-electron chi connectivity index (χ2n) is 5.57. The molecular weight excluding hydrogens is 268 g/mol. The Morgan fingerprint density at radius 2 is 2.10 bits per heavy atom. The minimum Gasteiger partial charge on any atom is -0.395 e. The number of aliphatic hydroxyl groups excluding tert-OH is 1. The number of amides is 1. The van der Waals surface area contributed by atoms with Crippen LogP contribution in [0.25, 0.3) is 0 Å². The lowest BCUT2D eigenvalue weighted by atomic mass is 10.1. The number of carbonyl (C=O) groups is 1. The fraction of sp³-hybridized carbons (Fsp3) is 0.733. The van der Waals surface area contributed by atoms with E-state index in [1.165, 1.54) is 0 Å². The molecule has 1 aromatic rings. The molecule has 2 rings (SSSR count). The molecule has 1 fully saturated rings. The van der Waals surface area contributed by atoms with E-state index in [4.69, 9.17) is 0 Å². The predicted molar refractivity (Wildman–Crippen MR) is 80.8 cm³/mol. The van der Waals surface area contributed by atoms with E-state index in [0.717, 1.165) is 45.6 Å². The average Bonchev–Trinajstić information content (AvgIpc) is 3.02. The normalized spacial score (nSPS) is 17.9. The van der Waals surface area contributed by atoms with Crippen LogP contribution >= 0.6 is 0 Å². The van der Waals surface area contributed by atoms with Gasteiger partial charge in [-0.05, 0) is 12.8 Å². The quantitative estimate of drug-likeness (QED) is 0.799. The van der Waals surface area contributed by atoms with E-state index in [-0.39, 0.29) is 18.6 Å². The Morgan fingerprint density at radius 3 is 2.67 bits per heavy atom. The molecule has 21 heavy (non-hydrogen) atoms. The molecule has 1 N–H and O–H groups in total. The topological polar surface area (TPSA) is 61.6 Å². The van der Waals surface area contributed by atoms with Crippen molar-refractivity contribution in [3.63, 3.8) is 0 Å². The molecule has 0 spiro atoms. The fourth-order valence-electron chi connectivity index (χ4n) is 2.83. The van der Waals surface area contributed by atoms with Gasteiger partial charge in [-0.25, -0.2) is 4.98 Å². The number of nitrogens with zero attached hydrogens (tertiary/aromatic N) is 4. The van der Waals surface area contributed by atoms with E-state index < -0.39 is 0 Å². The van der Waals surface area contributed by atoms with Crippen LogP contribution in [0.1, 0.15) is 26.2 Å². The lowest BCUT2D eigenvalue weighted by Crippen LogP contribution is -2.52. The summed E-state index contributed by atoms with van der Waals surface area (Å²) in [6.07, 6.45) is 7.85. The first kappa shape index (κ1) is 16.0. The van der Waals surface area contributed by atoms with Crippen molar-refractivity contribution in [2.75, 3.05) is 32.8 Å². The van der Waals surface area contributed by atoms with Gasteiger partial charge in [0, 0.05) is 57.6 Å². The molecule has 1 atom stereocenters. The zero-order valence-electron chi connectivity index (χ0n) is 12.8. The zero-order chi connectivity index (χ0) is 15.1. The van der Waals surface area contributed by atoms with E-state index in [1.54, 1.807) is 12.5 Å². The third kappa shape index (κ3) is 4.54. The van der Waals surface area contributed by atoms with Crippen molar-refractivity contribution in [1.82, 2.24) is 19.4 Å². The van der Waals surface area contributed by atoms with Crippen LogP contribution in [0, 0.1) is 0 Å². The van der Waals surface area contributed by atoms with Crippen molar-refractivity contribution >= 4 is 5.91 Å². The molecule has 0 aliphatic carbocycles. The Bertz CT molecular complexity index is 409. The smallest absolute Gasteiger partial charge is 0.222 e. The standard InChI is InChI=1S/C15H26N4O2/c1-2-14(12-20)18-8-10-19(11-9-18)15(21)4-3-6-17-7-5-16-13-17/h5,7,13-14,20H,2-4,6,8-12H2,1H3. The number of carbonyl (C=O) groups excluding carboxylic acids is 1. The number of aryl methyl sites for hydroxylation is 1. The Kier molecular flexibility index (Phi) is 6.20. The minimum absolute atomic E-state index is 0.204. The van der Waals surface area contributed by atoms with E-state index >= 15 is 0 Å². The Hall–Kier alpha value is -1.40. The van der Waals surface area contributed by atoms with Gasteiger partial charge in [0.05, 0.1) is 12.9 Å². The van der Waals surface area contributed by atoms with Gasteiger partial charge in [0.25, 0.3) is 0 Å². The van der Waals surface area contributed by atoms with Gasteiger partial charge in [0.2, 0.25) is 5.91 Å². The molecule has 118 valence electrons. The van der Waals surface area contributed by atoms with Crippen LogP contribution in [-0.4, -0.2) is 69.2 Å². The molecule has 0 bridgehead atoms. The highest BCUT2D eigenvalue weighted by atomic mass is 16.3. The summed E-state index contributed by atoms with van der Waals surface area (Å²) in [5.41, 5.74) is 0. The van der Waals surface area contributed by atoms with Gasteiger partial charge in [-0.3, -0.25) is 9.69 Å². The van der Waals surface area contributed by atoms with Crippen molar-refractivity contribution in [2.45, 2.75) is 38.8 Å². The molecule has 6 nitrogen and oxygen atoms in total. The highest BCUT2D eigenvalue weighted by Crippen LogP contribution is 2.10. The molecule has 6 heteroatoms. The maximum atomic E-state index is 12.2. The molecule has 0 aromatic carbocycles. The van der Waals surface area contributed by atoms with E-state index in [1.807, 2.05) is 15.7 Å². The maximum Gasteiger partial charge on any atom is 0.222 e. The van der Waals surface area contributed by atoms with Gasteiger partial charge >= 0.3 is 0 Å². The molecular formula is C15H26N4O2. The van der Waals surface area contributed by atoms with Crippen LogP contribution in [-0.2, 0) is 11.3 Å². The summed E-state index contributed by atoms with van der Waals surface area (Å²) >= 11 is 0. The fourth-order valence-corrected chi connectivity index (χ4v) is 2.83. The SMILES string of the molecule is CCC(CO)N1CCN(C(=O)CCCn2ccnc2)CC1. The molecule has 1 aliphatic heterocycles. The molecule has 1 saturated heterocycles. The van der Waals surface area contributed by atoms with Crippen molar-refractivity contribution in [3.8, 4) is 0 Å². The summed E-state index contributed by atoms with van der Waals surface area (Å²) < 4.78 is 2.00. The van der Waals surface area contributed by atoms with Crippen LogP contribution in [0.5, 0.6) is 0 Å². The molecule has 0 saturated carbocycles. The van der Waals surface area contributed by atoms with Gasteiger partial charge in [0.1, 0.15) is 0 Å². The van der Waals surface area contributed by atoms with E-state index in [0.29, 0.717) is 6.42 Å². The highest BCUT2D eigenvalue weighted by molar-refractivity contribution is 5.76. The van der Waals surface area contributed by atoms with Gasteiger partial charge in [-0.1, -0.05) is 6.92 Å². The summed E-state index contributed by atoms with van der Waals surface area (Å²) in [4.78, 5) is 20.4.